The number of benzene rings is 1. The fourth-order valence-corrected chi connectivity index (χ4v) is 3.80. The van der Waals surface area contributed by atoms with Gasteiger partial charge in [0.2, 0.25) is 10.0 Å². The third kappa shape index (κ3) is 5.21. The summed E-state index contributed by atoms with van der Waals surface area (Å²) in [6.45, 7) is 4.17. The average molecular weight is 347 g/mol. The van der Waals surface area contributed by atoms with Crippen molar-refractivity contribution in [1.29, 1.82) is 0 Å². The Bertz CT molecular complexity index is 555. The first kappa shape index (κ1) is 17.7. The van der Waals surface area contributed by atoms with Gasteiger partial charge in [-0.05, 0) is 56.1 Å². The maximum absolute atomic E-state index is 12.2. The molecule has 0 radical (unpaired) electrons. The number of methoxy groups -OCH3 is 1. The number of ether oxygens (including phenoxy) is 1. The Hall–Kier alpha value is -0.660. The van der Waals surface area contributed by atoms with Crippen LogP contribution in [-0.4, -0.2) is 53.2 Å². The molecule has 1 aromatic rings. The van der Waals surface area contributed by atoms with E-state index in [9.17, 15) is 8.42 Å². The van der Waals surface area contributed by atoms with E-state index in [2.05, 4.69) is 9.62 Å². The van der Waals surface area contributed by atoms with Crippen molar-refractivity contribution in [2.75, 3.05) is 39.9 Å². The Balaban J connectivity index is 1.79. The molecule has 1 fully saturated rings. The van der Waals surface area contributed by atoms with E-state index in [0.717, 1.165) is 39.1 Å². The zero-order valence-corrected chi connectivity index (χ0v) is 14.4. The highest BCUT2D eigenvalue weighted by Gasteiger charge is 2.21. The van der Waals surface area contributed by atoms with E-state index in [-0.39, 0.29) is 4.90 Å². The third-order valence-electron chi connectivity index (χ3n) is 4.00. The minimum Gasteiger partial charge on any atom is -0.383 e. The molecule has 0 atom stereocenters. The highest BCUT2D eigenvalue weighted by molar-refractivity contribution is 7.89. The van der Waals surface area contributed by atoms with Crippen LogP contribution in [0.25, 0.3) is 0 Å². The quantitative estimate of drug-likeness (QED) is 0.820. The van der Waals surface area contributed by atoms with Crippen molar-refractivity contribution in [2.45, 2.75) is 17.7 Å². The fourth-order valence-electron chi connectivity index (χ4n) is 2.56. The van der Waals surface area contributed by atoms with Gasteiger partial charge in [0, 0.05) is 25.2 Å². The minimum absolute atomic E-state index is 0.259. The van der Waals surface area contributed by atoms with Crippen LogP contribution in [0.5, 0.6) is 0 Å². The largest absolute Gasteiger partial charge is 0.383 e. The molecule has 1 aromatic carbocycles. The van der Waals surface area contributed by atoms with Crippen LogP contribution in [-0.2, 0) is 14.8 Å². The number of rotatable bonds is 7. The second-order valence-electron chi connectivity index (χ2n) is 5.58. The van der Waals surface area contributed by atoms with Gasteiger partial charge in [0.25, 0.3) is 0 Å². The van der Waals surface area contributed by atoms with Crippen LogP contribution in [0.3, 0.4) is 0 Å². The number of nitrogens with one attached hydrogen (secondary N) is 1. The van der Waals surface area contributed by atoms with Crippen molar-refractivity contribution < 1.29 is 13.2 Å². The smallest absolute Gasteiger partial charge is 0.240 e. The number of hydrogen-bond donors (Lipinski definition) is 1. The van der Waals surface area contributed by atoms with Crippen LogP contribution in [0.2, 0.25) is 5.02 Å². The van der Waals surface area contributed by atoms with Gasteiger partial charge < -0.3 is 9.64 Å². The normalized spacial score (nSPS) is 17.7. The molecule has 5 nitrogen and oxygen atoms in total. The predicted molar refractivity (Wildman–Crippen MR) is 87.7 cm³/mol. The average Bonchev–Trinajstić information content (AvgIpc) is 2.52. The molecule has 0 aliphatic carbocycles. The molecule has 0 aromatic heterocycles. The number of piperidine rings is 1. The fraction of sp³-hybridized carbons (Fsp3) is 0.600. The van der Waals surface area contributed by atoms with E-state index in [1.807, 2.05) is 0 Å². The molecule has 124 valence electrons. The van der Waals surface area contributed by atoms with Crippen molar-refractivity contribution in [2.24, 2.45) is 5.92 Å². The Kier molecular flexibility index (Phi) is 6.65. The van der Waals surface area contributed by atoms with Gasteiger partial charge in [0.05, 0.1) is 11.5 Å². The molecule has 1 aliphatic heterocycles. The Morgan fingerprint density at radius 3 is 2.50 bits per heavy atom. The van der Waals surface area contributed by atoms with Gasteiger partial charge in [-0.3, -0.25) is 0 Å². The van der Waals surface area contributed by atoms with Crippen molar-refractivity contribution >= 4 is 21.6 Å². The van der Waals surface area contributed by atoms with Gasteiger partial charge in [0.1, 0.15) is 0 Å². The van der Waals surface area contributed by atoms with Gasteiger partial charge in [-0.1, -0.05) is 11.6 Å². The SMILES string of the molecule is COCCN1CCC(CNS(=O)(=O)c2ccc(Cl)cc2)CC1. The van der Waals surface area contributed by atoms with Crippen molar-refractivity contribution in [3.05, 3.63) is 29.3 Å². The maximum atomic E-state index is 12.2. The van der Waals surface area contributed by atoms with E-state index in [4.69, 9.17) is 16.3 Å². The summed E-state index contributed by atoms with van der Waals surface area (Å²) in [4.78, 5) is 2.61. The molecular weight excluding hydrogens is 324 g/mol. The monoisotopic (exact) mass is 346 g/mol. The first-order chi connectivity index (χ1) is 10.5. The van der Waals surface area contributed by atoms with E-state index < -0.39 is 10.0 Å². The predicted octanol–water partition coefficient (Wildman–Crippen LogP) is 1.98. The number of hydrogen-bond acceptors (Lipinski definition) is 4. The summed E-state index contributed by atoms with van der Waals surface area (Å²) >= 11 is 5.78. The molecular formula is C15H23ClN2O3S. The first-order valence-electron chi connectivity index (χ1n) is 7.48. The van der Waals surface area contributed by atoms with Gasteiger partial charge in [-0.2, -0.15) is 0 Å². The van der Waals surface area contributed by atoms with Gasteiger partial charge in [-0.15, -0.1) is 0 Å². The maximum Gasteiger partial charge on any atom is 0.240 e. The van der Waals surface area contributed by atoms with E-state index in [1.165, 1.54) is 12.1 Å². The molecule has 22 heavy (non-hydrogen) atoms. The Morgan fingerprint density at radius 2 is 1.91 bits per heavy atom. The van der Waals surface area contributed by atoms with Gasteiger partial charge in [0.15, 0.2) is 0 Å². The third-order valence-corrected chi connectivity index (χ3v) is 5.70. The lowest BCUT2D eigenvalue weighted by atomic mass is 9.97. The topological polar surface area (TPSA) is 58.6 Å². The number of nitrogens with zero attached hydrogens (tertiary/aromatic N) is 1. The van der Waals surface area contributed by atoms with E-state index >= 15 is 0 Å². The molecule has 1 N–H and O–H groups in total. The van der Waals surface area contributed by atoms with Crippen LogP contribution in [0.1, 0.15) is 12.8 Å². The lowest BCUT2D eigenvalue weighted by Gasteiger charge is -2.31. The molecule has 1 aliphatic rings. The summed E-state index contributed by atoms with van der Waals surface area (Å²) in [6, 6.07) is 6.23. The summed E-state index contributed by atoms with van der Waals surface area (Å²) in [5.41, 5.74) is 0. The standard InChI is InChI=1S/C15H23ClN2O3S/c1-21-11-10-18-8-6-13(7-9-18)12-17-22(19,20)15-4-2-14(16)3-5-15/h2-5,13,17H,6-12H2,1H3. The lowest BCUT2D eigenvalue weighted by molar-refractivity contribution is 0.121. The van der Waals surface area contributed by atoms with Crippen molar-refractivity contribution in [3.8, 4) is 0 Å². The first-order valence-corrected chi connectivity index (χ1v) is 9.34. The second-order valence-corrected chi connectivity index (χ2v) is 7.79. The van der Waals surface area contributed by atoms with Crippen LogP contribution >= 0.6 is 11.6 Å². The molecule has 0 bridgehead atoms. The number of halogens is 1. The summed E-state index contributed by atoms with van der Waals surface area (Å²) in [6.07, 6.45) is 2.01. The second kappa shape index (κ2) is 8.26. The van der Waals surface area contributed by atoms with E-state index in [0.29, 0.717) is 17.5 Å². The zero-order valence-electron chi connectivity index (χ0n) is 12.8. The molecule has 0 amide bonds. The molecule has 0 unspecified atom stereocenters. The summed E-state index contributed by atoms with van der Waals surface area (Å²) < 4.78 is 32.2. The van der Waals surface area contributed by atoms with Crippen LogP contribution < -0.4 is 4.72 Å². The Labute approximate surface area is 137 Å². The molecule has 7 heteroatoms. The molecule has 1 saturated heterocycles. The minimum atomic E-state index is -3.45. The van der Waals surface area contributed by atoms with Crippen LogP contribution in [0.4, 0.5) is 0 Å². The summed E-state index contributed by atoms with van der Waals surface area (Å²) in [5, 5.41) is 0.530. The molecule has 2 rings (SSSR count). The highest BCUT2D eigenvalue weighted by Crippen LogP contribution is 2.18. The number of likely N-dealkylation sites (tertiary alicyclic amines) is 1. The summed E-state index contributed by atoms with van der Waals surface area (Å²) in [5.74, 6) is 0.390. The van der Waals surface area contributed by atoms with Gasteiger partial charge >= 0.3 is 0 Å². The Morgan fingerprint density at radius 1 is 1.27 bits per heavy atom. The van der Waals surface area contributed by atoms with Crippen LogP contribution in [0, 0.1) is 5.92 Å². The number of sulfonamides is 1. The van der Waals surface area contributed by atoms with Crippen LogP contribution in [0.15, 0.2) is 29.2 Å². The zero-order chi connectivity index (χ0) is 16.0. The highest BCUT2D eigenvalue weighted by atomic mass is 35.5. The molecule has 0 spiro atoms. The summed E-state index contributed by atoms with van der Waals surface area (Å²) in [7, 11) is -1.74. The van der Waals surface area contributed by atoms with E-state index in [1.54, 1.807) is 19.2 Å². The molecule has 0 saturated carbocycles. The lowest BCUT2D eigenvalue weighted by Crippen LogP contribution is -2.39. The van der Waals surface area contributed by atoms with Crippen molar-refractivity contribution in [1.82, 2.24) is 9.62 Å². The molecule has 1 heterocycles. The van der Waals surface area contributed by atoms with Gasteiger partial charge in [-0.25, -0.2) is 13.1 Å². The van der Waals surface area contributed by atoms with Crippen molar-refractivity contribution in [3.63, 3.8) is 0 Å².